The largest absolute Gasteiger partial charge is 0.419 e. The number of carbonyl (C=O) groups excluding carboxylic acids is 1. The summed E-state index contributed by atoms with van der Waals surface area (Å²) in [5, 5.41) is 11.4. The van der Waals surface area contributed by atoms with E-state index in [1.54, 1.807) is 12.1 Å². The van der Waals surface area contributed by atoms with Gasteiger partial charge in [-0.05, 0) is 25.1 Å². The predicted octanol–water partition coefficient (Wildman–Crippen LogP) is 2.96. The van der Waals surface area contributed by atoms with E-state index in [9.17, 15) is 28.1 Å². The molecule has 1 aliphatic rings. The van der Waals surface area contributed by atoms with Gasteiger partial charge in [0.25, 0.3) is 11.5 Å². The number of rotatable bonds is 4. The Morgan fingerprint density at radius 3 is 2.25 bits per heavy atom. The predicted molar refractivity (Wildman–Crippen MR) is 95.5 cm³/mol. The van der Waals surface area contributed by atoms with Crippen LogP contribution in [0.25, 0.3) is 0 Å². The number of ketones is 1. The van der Waals surface area contributed by atoms with Crippen LogP contribution in [0.15, 0.2) is 36.5 Å². The second-order valence-corrected chi connectivity index (χ2v) is 6.45. The molecule has 2 heterocycles. The smallest absolute Gasteiger partial charge is 0.358 e. The third-order valence-corrected chi connectivity index (χ3v) is 4.66. The maximum atomic E-state index is 12.7. The van der Waals surface area contributed by atoms with Crippen LogP contribution in [0, 0.1) is 10.1 Å². The minimum absolute atomic E-state index is 0.137. The number of pyridine rings is 1. The number of halogens is 3. The Bertz CT molecular complexity index is 892. The number of hydrogen-bond acceptors (Lipinski definition) is 5. The number of Topliss-reactive ketones (excluding diaryl/α,β-unsaturated/α-hetero) is 1. The summed E-state index contributed by atoms with van der Waals surface area (Å²) in [5.74, 6) is 0.298. The molecule has 0 unspecified atom stereocenters. The SMILES string of the molecule is CC(=O)c1ccc(N2CCN(c3ccc(C(F)(F)F)c[nH+]3)CC2)c([N+](=O)[O-])c1. The highest BCUT2D eigenvalue weighted by Crippen LogP contribution is 2.31. The molecule has 1 aromatic heterocycles. The molecule has 3 rings (SSSR count). The van der Waals surface area contributed by atoms with E-state index < -0.39 is 16.7 Å². The van der Waals surface area contributed by atoms with Gasteiger partial charge in [-0.1, -0.05) is 0 Å². The number of nitrogens with zero attached hydrogens (tertiary/aromatic N) is 3. The number of hydrogen-bond donors (Lipinski definition) is 0. The molecule has 0 amide bonds. The van der Waals surface area contributed by atoms with Crippen molar-refractivity contribution in [3.05, 3.63) is 57.8 Å². The summed E-state index contributed by atoms with van der Waals surface area (Å²) in [7, 11) is 0. The number of carbonyl (C=O) groups is 1. The highest BCUT2D eigenvalue weighted by molar-refractivity contribution is 5.95. The van der Waals surface area contributed by atoms with Crippen LogP contribution in [0.5, 0.6) is 0 Å². The standard InChI is InChI=1S/C18H17F3N4O3/c1-12(26)13-2-4-15(16(10-13)25(27)28)23-6-8-24(9-7-23)17-5-3-14(11-22-17)18(19,20)21/h2-5,10-11H,6-9H2,1H3/p+1. The van der Waals surface area contributed by atoms with Gasteiger partial charge < -0.3 is 4.90 Å². The molecular weight excluding hydrogens is 377 g/mol. The van der Waals surface area contributed by atoms with E-state index in [2.05, 4.69) is 4.98 Å². The minimum Gasteiger partial charge on any atom is -0.358 e. The van der Waals surface area contributed by atoms with E-state index >= 15 is 0 Å². The molecule has 1 fully saturated rings. The van der Waals surface area contributed by atoms with Gasteiger partial charge in [0, 0.05) is 17.7 Å². The second kappa shape index (κ2) is 7.45. The molecular formula is C18H18F3N4O3+. The molecule has 1 saturated heterocycles. The summed E-state index contributed by atoms with van der Waals surface area (Å²) in [6.07, 6.45) is -3.48. The first-order chi connectivity index (χ1) is 13.2. The van der Waals surface area contributed by atoms with Crippen molar-refractivity contribution in [3.63, 3.8) is 0 Å². The van der Waals surface area contributed by atoms with Crippen molar-refractivity contribution < 1.29 is 27.9 Å². The summed E-state index contributed by atoms with van der Waals surface area (Å²) >= 11 is 0. The number of H-pyrrole nitrogens is 1. The number of alkyl halides is 3. The van der Waals surface area contributed by atoms with Gasteiger partial charge in [0.05, 0.1) is 23.6 Å². The van der Waals surface area contributed by atoms with E-state index in [1.165, 1.54) is 19.1 Å². The van der Waals surface area contributed by atoms with Crippen molar-refractivity contribution in [2.24, 2.45) is 0 Å². The van der Waals surface area contributed by atoms with Gasteiger partial charge in [0.1, 0.15) is 25.0 Å². The zero-order valence-corrected chi connectivity index (χ0v) is 15.0. The molecule has 0 radical (unpaired) electrons. The van der Waals surface area contributed by atoms with Gasteiger partial charge in [-0.25, -0.2) is 4.98 Å². The van der Waals surface area contributed by atoms with Crippen LogP contribution in [0.3, 0.4) is 0 Å². The third kappa shape index (κ3) is 4.05. The highest BCUT2D eigenvalue weighted by atomic mass is 19.4. The van der Waals surface area contributed by atoms with Gasteiger partial charge in [0.2, 0.25) is 0 Å². The zero-order chi connectivity index (χ0) is 20.5. The number of aromatic nitrogens is 1. The molecule has 0 bridgehead atoms. The van der Waals surface area contributed by atoms with Crippen molar-refractivity contribution in [2.75, 3.05) is 36.0 Å². The Labute approximate surface area is 158 Å². The number of nitro groups is 1. The Morgan fingerprint density at radius 2 is 1.75 bits per heavy atom. The summed E-state index contributed by atoms with van der Waals surface area (Å²) in [6, 6.07) is 6.79. The van der Waals surface area contributed by atoms with Crippen LogP contribution in [-0.2, 0) is 6.18 Å². The lowest BCUT2D eigenvalue weighted by Crippen LogP contribution is -2.48. The molecule has 1 N–H and O–H groups in total. The number of piperazine rings is 1. The fraction of sp³-hybridized carbons (Fsp3) is 0.333. The van der Waals surface area contributed by atoms with Crippen molar-refractivity contribution in [2.45, 2.75) is 13.1 Å². The summed E-state index contributed by atoms with van der Waals surface area (Å²) < 4.78 is 38.0. The van der Waals surface area contributed by atoms with E-state index in [-0.39, 0.29) is 17.0 Å². The Morgan fingerprint density at radius 1 is 1.11 bits per heavy atom. The lowest BCUT2D eigenvalue weighted by Gasteiger charge is -2.32. The fourth-order valence-electron chi connectivity index (χ4n) is 3.13. The lowest BCUT2D eigenvalue weighted by atomic mass is 10.1. The third-order valence-electron chi connectivity index (χ3n) is 4.66. The number of nitrogens with one attached hydrogen (secondary N) is 1. The van der Waals surface area contributed by atoms with Crippen LogP contribution >= 0.6 is 0 Å². The molecule has 1 aliphatic heterocycles. The molecule has 28 heavy (non-hydrogen) atoms. The van der Waals surface area contributed by atoms with Gasteiger partial charge in [-0.2, -0.15) is 13.2 Å². The maximum absolute atomic E-state index is 12.7. The molecule has 7 nitrogen and oxygen atoms in total. The highest BCUT2D eigenvalue weighted by Gasteiger charge is 2.33. The second-order valence-electron chi connectivity index (χ2n) is 6.45. The molecule has 0 saturated carbocycles. The Balaban J connectivity index is 1.73. The lowest BCUT2D eigenvalue weighted by molar-refractivity contribution is -0.384. The first-order valence-corrected chi connectivity index (χ1v) is 8.55. The fourth-order valence-corrected chi connectivity index (χ4v) is 3.13. The number of nitro benzene ring substituents is 1. The molecule has 0 atom stereocenters. The topological polar surface area (TPSA) is 80.8 Å². The van der Waals surface area contributed by atoms with Crippen LogP contribution < -0.4 is 14.8 Å². The zero-order valence-electron chi connectivity index (χ0n) is 15.0. The van der Waals surface area contributed by atoms with Crippen LogP contribution in [0.4, 0.5) is 30.4 Å². The molecule has 2 aromatic rings. The molecule has 0 spiro atoms. The average Bonchev–Trinajstić information content (AvgIpc) is 2.67. The maximum Gasteiger partial charge on any atom is 0.419 e. The molecule has 0 aliphatic carbocycles. The molecule has 1 aromatic carbocycles. The monoisotopic (exact) mass is 395 g/mol. The summed E-state index contributed by atoms with van der Waals surface area (Å²) in [6.45, 7) is 3.21. The van der Waals surface area contributed by atoms with E-state index in [0.717, 1.165) is 12.3 Å². The van der Waals surface area contributed by atoms with Gasteiger partial charge >= 0.3 is 6.18 Å². The first kappa shape index (κ1) is 19.6. The number of anilines is 2. The van der Waals surface area contributed by atoms with Gasteiger partial charge in [-0.15, -0.1) is 0 Å². The Kier molecular flexibility index (Phi) is 5.21. The van der Waals surface area contributed by atoms with Crippen molar-refractivity contribution in [3.8, 4) is 0 Å². The van der Waals surface area contributed by atoms with Crippen LogP contribution in [0.1, 0.15) is 22.8 Å². The quantitative estimate of drug-likeness (QED) is 0.452. The van der Waals surface area contributed by atoms with E-state index in [1.807, 2.05) is 9.80 Å². The van der Waals surface area contributed by atoms with Crippen molar-refractivity contribution >= 4 is 23.0 Å². The minimum atomic E-state index is -4.40. The van der Waals surface area contributed by atoms with E-state index in [4.69, 9.17) is 0 Å². The van der Waals surface area contributed by atoms with Crippen molar-refractivity contribution in [1.29, 1.82) is 0 Å². The van der Waals surface area contributed by atoms with Gasteiger partial charge in [-0.3, -0.25) is 19.8 Å². The Hall–Kier alpha value is -3.17. The number of aromatic amines is 1. The average molecular weight is 395 g/mol. The molecule has 148 valence electrons. The first-order valence-electron chi connectivity index (χ1n) is 8.55. The summed E-state index contributed by atoms with van der Waals surface area (Å²) in [5.41, 5.74) is -0.196. The summed E-state index contributed by atoms with van der Waals surface area (Å²) in [4.78, 5) is 28.7. The van der Waals surface area contributed by atoms with Gasteiger partial charge in [0.15, 0.2) is 5.78 Å². The van der Waals surface area contributed by atoms with Crippen LogP contribution in [0.2, 0.25) is 0 Å². The van der Waals surface area contributed by atoms with E-state index in [0.29, 0.717) is 37.7 Å². The normalized spacial score (nSPS) is 14.9. The van der Waals surface area contributed by atoms with Crippen LogP contribution in [-0.4, -0.2) is 36.9 Å². The molecule has 10 heteroatoms. The van der Waals surface area contributed by atoms with Crippen molar-refractivity contribution in [1.82, 2.24) is 0 Å². The number of benzene rings is 1.